The number of fused-ring (bicyclic) bond motifs is 2. The molecule has 0 aliphatic carbocycles. The number of rotatable bonds is 5. The van der Waals surface area contributed by atoms with Gasteiger partial charge in [-0.15, -0.1) is 0 Å². The van der Waals surface area contributed by atoms with Gasteiger partial charge in [-0.2, -0.15) is 5.10 Å². The third kappa shape index (κ3) is 3.51. The maximum absolute atomic E-state index is 6.59. The Morgan fingerprint density at radius 2 is 1.91 bits per heavy atom. The molecule has 0 radical (unpaired) electrons. The molecule has 0 bridgehead atoms. The summed E-state index contributed by atoms with van der Waals surface area (Å²) in [6.07, 6.45) is 3.65. The highest BCUT2D eigenvalue weighted by atomic mass is 35.5. The van der Waals surface area contributed by atoms with Crippen LogP contribution in [0.4, 0.5) is 0 Å². The molecule has 32 heavy (non-hydrogen) atoms. The highest BCUT2D eigenvalue weighted by molar-refractivity contribution is 6.34. The molecule has 1 aromatic carbocycles. The SMILES string of the molecule is COc1cc(-c2cnc(OC)c3nn(Cc4nc5nc(Cl)ccc5[nH]4)cc23)c(Cl)cc1C. The quantitative estimate of drug-likeness (QED) is 0.363. The van der Waals surface area contributed by atoms with Gasteiger partial charge in [0.25, 0.3) is 0 Å². The molecule has 162 valence electrons. The Bertz CT molecular complexity index is 1480. The molecule has 0 atom stereocenters. The third-order valence-corrected chi connectivity index (χ3v) is 5.73. The van der Waals surface area contributed by atoms with E-state index in [-0.39, 0.29) is 0 Å². The van der Waals surface area contributed by atoms with Crippen molar-refractivity contribution in [1.29, 1.82) is 0 Å². The van der Waals surface area contributed by atoms with E-state index in [4.69, 9.17) is 37.8 Å². The van der Waals surface area contributed by atoms with Gasteiger partial charge in [0.2, 0.25) is 5.88 Å². The van der Waals surface area contributed by atoms with Gasteiger partial charge in [-0.1, -0.05) is 23.2 Å². The van der Waals surface area contributed by atoms with Crippen LogP contribution in [0.25, 0.3) is 33.2 Å². The van der Waals surface area contributed by atoms with Crippen molar-refractivity contribution in [3.8, 4) is 22.8 Å². The van der Waals surface area contributed by atoms with Crippen LogP contribution < -0.4 is 9.47 Å². The van der Waals surface area contributed by atoms with Gasteiger partial charge in [-0.3, -0.25) is 4.68 Å². The Balaban J connectivity index is 1.62. The average molecular weight is 469 g/mol. The Hall–Kier alpha value is -3.36. The predicted octanol–water partition coefficient (Wildman–Crippen LogP) is 5.05. The summed E-state index contributed by atoms with van der Waals surface area (Å²) in [6, 6.07) is 7.35. The van der Waals surface area contributed by atoms with Crippen molar-refractivity contribution in [1.82, 2.24) is 29.7 Å². The number of imidazole rings is 1. The van der Waals surface area contributed by atoms with Crippen molar-refractivity contribution >= 4 is 45.3 Å². The van der Waals surface area contributed by atoms with E-state index in [0.29, 0.717) is 39.6 Å². The van der Waals surface area contributed by atoms with Crippen LogP contribution in [0.1, 0.15) is 11.4 Å². The topological polar surface area (TPSA) is 90.7 Å². The van der Waals surface area contributed by atoms with Crippen LogP contribution in [0.15, 0.2) is 36.7 Å². The second-order valence-electron chi connectivity index (χ2n) is 7.26. The van der Waals surface area contributed by atoms with Crippen molar-refractivity contribution in [2.45, 2.75) is 13.5 Å². The molecule has 0 spiro atoms. The van der Waals surface area contributed by atoms with Crippen LogP contribution in [0.5, 0.6) is 11.6 Å². The summed E-state index contributed by atoms with van der Waals surface area (Å²) in [5.74, 6) is 1.87. The molecule has 0 saturated carbocycles. The number of hydrogen-bond donors (Lipinski definition) is 1. The van der Waals surface area contributed by atoms with Crippen LogP contribution in [0.3, 0.4) is 0 Å². The van der Waals surface area contributed by atoms with Crippen molar-refractivity contribution in [2.24, 2.45) is 0 Å². The molecule has 0 unspecified atom stereocenters. The van der Waals surface area contributed by atoms with Crippen LogP contribution >= 0.6 is 23.2 Å². The van der Waals surface area contributed by atoms with Crippen molar-refractivity contribution in [3.05, 3.63) is 58.2 Å². The number of nitrogens with zero attached hydrogens (tertiary/aromatic N) is 5. The minimum atomic E-state index is 0.395. The van der Waals surface area contributed by atoms with Gasteiger partial charge in [0.05, 0.1) is 26.3 Å². The first-order chi connectivity index (χ1) is 15.5. The van der Waals surface area contributed by atoms with Gasteiger partial charge >= 0.3 is 0 Å². The van der Waals surface area contributed by atoms with Crippen molar-refractivity contribution in [2.75, 3.05) is 14.2 Å². The van der Waals surface area contributed by atoms with Gasteiger partial charge < -0.3 is 14.5 Å². The minimum Gasteiger partial charge on any atom is -0.496 e. The first-order valence-corrected chi connectivity index (χ1v) is 10.5. The molecule has 0 saturated heterocycles. The van der Waals surface area contributed by atoms with E-state index in [2.05, 4.69) is 19.9 Å². The lowest BCUT2D eigenvalue weighted by Crippen LogP contribution is -2.01. The largest absolute Gasteiger partial charge is 0.496 e. The van der Waals surface area contributed by atoms with E-state index in [1.54, 1.807) is 31.2 Å². The summed E-state index contributed by atoms with van der Waals surface area (Å²) in [4.78, 5) is 16.4. The second kappa shape index (κ2) is 7.96. The Morgan fingerprint density at radius 1 is 1.06 bits per heavy atom. The molecule has 4 aromatic heterocycles. The van der Waals surface area contributed by atoms with E-state index in [1.807, 2.05) is 31.3 Å². The first kappa shape index (κ1) is 20.5. The molecular weight excluding hydrogens is 451 g/mol. The average Bonchev–Trinajstić information content (AvgIpc) is 3.36. The normalized spacial score (nSPS) is 11.4. The summed E-state index contributed by atoms with van der Waals surface area (Å²) in [5.41, 5.74) is 4.57. The van der Waals surface area contributed by atoms with E-state index >= 15 is 0 Å². The lowest BCUT2D eigenvalue weighted by molar-refractivity contribution is 0.402. The predicted molar refractivity (Wildman–Crippen MR) is 124 cm³/mol. The molecule has 5 rings (SSSR count). The number of benzene rings is 1. The first-order valence-electron chi connectivity index (χ1n) is 9.72. The van der Waals surface area contributed by atoms with Gasteiger partial charge in [0.1, 0.15) is 16.7 Å². The fourth-order valence-corrected chi connectivity index (χ4v) is 4.17. The van der Waals surface area contributed by atoms with Crippen molar-refractivity contribution in [3.63, 3.8) is 0 Å². The number of pyridine rings is 2. The second-order valence-corrected chi connectivity index (χ2v) is 8.05. The summed E-state index contributed by atoms with van der Waals surface area (Å²) < 4.78 is 12.7. The Kier molecular flexibility index (Phi) is 5.11. The van der Waals surface area contributed by atoms with Crippen LogP contribution in [0.2, 0.25) is 10.2 Å². The molecule has 5 aromatic rings. The van der Waals surface area contributed by atoms with Gasteiger partial charge in [-0.25, -0.2) is 15.0 Å². The Labute approximate surface area is 193 Å². The van der Waals surface area contributed by atoms with Crippen molar-refractivity contribution < 1.29 is 9.47 Å². The number of methoxy groups -OCH3 is 2. The monoisotopic (exact) mass is 468 g/mol. The molecule has 0 aliphatic heterocycles. The molecule has 4 heterocycles. The molecular formula is C22H18Cl2N6O2. The maximum Gasteiger partial charge on any atom is 0.242 e. The van der Waals surface area contributed by atoms with Crippen LogP contribution in [-0.2, 0) is 6.54 Å². The fraction of sp³-hybridized carbons (Fsp3) is 0.182. The fourth-order valence-electron chi connectivity index (χ4n) is 3.70. The number of aromatic nitrogens is 6. The number of aryl methyl sites for hydroxylation is 1. The number of nitrogens with one attached hydrogen (secondary N) is 1. The smallest absolute Gasteiger partial charge is 0.242 e. The standard InChI is InChI=1S/C22H18Cl2N6O2/c1-11-6-15(23)12(7-17(11)31-2)13-8-25-22(32-3)20-14(13)9-30(29-20)10-19-26-16-4-5-18(24)27-21(16)28-19/h4-9H,10H2,1-3H3,(H,26,27,28). The summed E-state index contributed by atoms with van der Waals surface area (Å²) in [6.45, 7) is 2.35. The highest BCUT2D eigenvalue weighted by Crippen LogP contribution is 2.38. The number of ether oxygens (including phenoxy) is 2. The van der Waals surface area contributed by atoms with E-state index < -0.39 is 0 Å². The molecule has 0 fully saturated rings. The van der Waals surface area contributed by atoms with Gasteiger partial charge in [-0.05, 0) is 36.8 Å². The summed E-state index contributed by atoms with van der Waals surface area (Å²) in [5, 5.41) is 6.54. The zero-order valence-electron chi connectivity index (χ0n) is 17.5. The lowest BCUT2D eigenvalue weighted by atomic mass is 10.0. The Morgan fingerprint density at radius 3 is 2.69 bits per heavy atom. The zero-order valence-corrected chi connectivity index (χ0v) is 19.0. The number of halogens is 2. The van der Waals surface area contributed by atoms with E-state index in [1.165, 1.54) is 0 Å². The minimum absolute atomic E-state index is 0.395. The highest BCUT2D eigenvalue weighted by Gasteiger charge is 2.18. The molecule has 0 amide bonds. The van der Waals surface area contributed by atoms with Crippen LogP contribution in [0, 0.1) is 6.92 Å². The zero-order chi connectivity index (χ0) is 22.4. The van der Waals surface area contributed by atoms with Gasteiger partial charge in [0.15, 0.2) is 11.2 Å². The number of H-pyrrole nitrogens is 1. The number of hydrogen-bond acceptors (Lipinski definition) is 6. The molecule has 1 N–H and O–H groups in total. The van der Waals surface area contributed by atoms with E-state index in [0.717, 1.165) is 33.3 Å². The van der Waals surface area contributed by atoms with Crippen LogP contribution in [-0.4, -0.2) is 43.9 Å². The third-order valence-electron chi connectivity index (χ3n) is 5.21. The maximum atomic E-state index is 6.59. The molecule has 10 heteroatoms. The lowest BCUT2D eigenvalue weighted by Gasteiger charge is -2.11. The summed E-state index contributed by atoms with van der Waals surface area (Å²) in [7, 11) is 3.20. The van der Waals surface area contributed by atoms with E-state index in [9.17, 15) is 0 Å². The molecule has 8 nitrogen and oxygen atoms in total. The number of aromatic amines is 1. The van der Waals surface area contributed by atoms with Gasteiger partial charge in [0, 0.05) is 33.9 Å². The summed E-state index contributed by atoms with van der Waals surface area (Å²) >= 11 is 12.6. The molecule has 0 aliphatic rings.